The molecular formula is C23H33N3O8S. The molecule has 2 saturated heterocycles. The fraction of sp³-hybridized carbons (Fsp3) is 0.609. The van der Waals surface area contributed by atoms with Gasteiger partial charge >= 0.3 is 12.2 Å². The Morgan fingerprint density at radius 3 is 2.29 bits per heavy atom. The van der Waals surface area contributed by atoms with E-state index in [4.69, 9.17) is 9.47 Å². The third kappa shape index (κ3) is 7.56. The van der Waals surface area contributed by atoms with Gasteiger partial charge < -0.3 is 19.7 Å². The normalized spacial score (nSPS) is 21.5. The Kier molecular flexibility index (Phi) is 8.26. The van der Waals surface area contributed by atoms with Crippen LogP contribution < -0.4 is 5.32 Å². The second-order valence-corrected chi connectivity index (χ2v) is 11.5. The lowest BCUT2D eigenvalue weighted by Gasteiger charge is -2.34. The van der Waals surface area contributed by atoms with Crippen LogP contribution in [0.2, 0.25) is 0 Å². The van der Waals surface area contributed by atoms with E-state index in [1.165, 1.54) is 0 Å². The zero-order valence-electron chi connectivity index (χ0n) is 20.2. The Hall–Kier alpha value is -2.86. The molecule has 1 aromatic rings. The van der Waals surface area contributed by atoms with Crippen LogP contribution in [0.5, 0.6) is 0 Å². The van der Waals surface area contributed by atoms with Crippen molar-refractivity contribution >= 4 is 28.2 Å². The van der Waals surface area contributed by atoms with Gasteiger partial charge in [0.05, 0.1) is 0 Å². The molecule has 11 nitrogen and oxygen atoms in total. The Labute approximate surface area is 205 Å². The van der Waals surface area contributed by atoms with E-state index in [9.17, 15) is 27.4 Å². The molecule has 0 aromatic heterocycles. The highest BCUT2D eigenvalue weighted by molar-refractivity contribution is 7.86. The molecule has 1 aromatic carbocycles. The van der Waals surface area contributed by atoms with Crippen LogP contribution in [0.15, 0.2) is 30.3 Å². The highest BCUT2D eigenvalue weighted by Gasteiger charge is 2.45. The van der Waals surface area contributed by atoms with E-state index in [0.717, 1.165) is 10.5 Å². The number of hydrogen-bond donors (Lipinski definition) is 2. The number of hydrogen-bond acceptors (Lipinski definition) is 7. The molecule has 194 valence electrons. The molecule has 2 aliphatic rings. The number of likely N-dealkylation sites (tertiary alicyclic amines) is 2. The largest absolute Gasteiger partial charge is 0.445 e. The summed E-state index contributed by atoms with van der Waals surface area (Å²) in [5.41, 5.74) is 0.136. The summed E-state index contributed by atoms with van der Waals surface area (Å²) in [5.74, 6) is -0.525. The molecule has 2 N–H and O–H groups in total. The van der Waals surface area contributed by atoms with E-state index < -0.39 is 45.1 Å². The average Bonchev–Trinajstić information content (AvgIpc) is 3.24. The SMILES string of the molecule is CC(C)(C)OC(=O)N1CCC(NC(=O)[C@@H]2C[C@@H](S(=O)(=O)O)CN2C(=O)OCc2ccccc2)CC1. The first kappa shape index (κ1) is 26.7. The van der Waals surface area contributed by atoms with E-state index in [-0.39, 0.29) is 25.6 Å². The van der Waals surface area contributed by atoms with Crippen molar-refractivity contribution in [3.63, 3.8) is 0 Å². The zero-order chi connectivity index (χ0) is 25.8. The van der Waals surface area contributed by atoms with Crippen LogP contribution in [0.3, 0.4) is 0 Å². The highest BCUT2D eigenvalue weighted by atomic mass is 32.2. The molecule has 3 rings (SSSR count). The maximum absolute atomic E-state index is 13.0. The van der Waals surface area contributed by atoms with Gasteiger partial charge in [-0.2, -0.15) is 8.42 Å². The molecule has 0 saturated carbocycles. The number of piperidine rings is 1. The van der Waals surface area contributed by atoms with Gasteiger partial charge in [0.1, 0.15) is 23.5 Å². The van der Waals surface area contributed by atoms with E-state index in [0.29, 0.717) is 25.9 Å². The maximum atomic E-state index is 13.0. The van der Waals surface area contributed by atoms with Crippen molar-refractivity contribution in [2.45, 2.75) is 69.6 Å². The summed E-state index contributed by atoms with van der Waals surface area (Å²) in [6.07, 6.45) is -0.515. The number of nitrogens with zero attached hydrogens (tertiary/aromatic N) is 2. The molecule has 0 spiro atoms. The lowest BCUT2D eigenvalue weighted by Crippen LogP contribution is -2.52. The topological polar surface area (TPSA) is 143 Å². The van der Waals surface area contributed by atoms with Gasteiger partial charge in [0.25, 0.3) is 10.1 Å². The van der Waals surface area contributed by atoms with Crippen LogP contribution in [-0.4, -0.2) is 83.4 Å². The van der Waals surface area contributed by atoms with Crippen LogP contribution in [0.1, 0.15) is 45.6 Å². The van der Waals surface area contributed by atoms with Crippen molar-refractivity contribution in [2.75, 3.05) is 19.6 Å². The van der Waals surface area contributed by atoms with Gasteiger partial charge in [-0.05, 0) is 45.6 Å². The van der Waals surface area contributed by atoms with E-state index in [2.05, 4.69) is 5.32 Å². The molecule has 2 heterocycles. The van der Waals surface area contributed by atoms with Crippen LogP contribution >= 0.6 is 0 Å². The van der Waals surface area contributed by atoms with Gasteiger partial charge in [-0.25, -0.2) is 9.59 Å². The Bertz CT molecular complexity index is 1020. The molecule has 0 aliphatic carbocycles. The van der Waals surface area contributed by atoms with Crippen LogP contribution in [0.25, 0.3) is 0 Å². The number of benzene rings is 1. The van der Waals surface area contributed by atoms with E-state index >= 15 is 0 Å². The summed E-state index contributed by atoms with van der Waals surface area (Å²) in [7, 11) is -4.45. The van der Waals surface area contributed by atoms with Crippen LogP contribution in [-0.2, 0) is 31.0 Å². The molecule has 2 atom stereocenters. The summed E-state index contributed by atoms with van der Waals surface area (Å²) in [4.78, 5) is 40.6. The molecule has 2 aliphatic heterocycles. The summed E-state index contributed by atoms with van der Waals surface area (Å²) < 4.78 is 43.7. The minimum absolute atomic E-state index is 0.0375. The van der Waals surface area contributed by atoms with Crippen molar-refractivity contribution in [1.29, 1.82) is 0 Å². The first-order valence-electron chi connectivity index (χ1n) is 11.6. The van der Waals surface area contributed by atoms with Gasteiger partial charge in [0, 0.05) is 25.7 Å². The monoisotopic (exact) mass is 511 g/mol. The average molecular weight is 512 g/mol. The number of nitrogens with one attached hydrogen (secondary N) is 1. The number of amides is 3. The standard InChI is InChI=1S/C23H33N3O8S/c1-23(2,3)34-21(28)25-11-9-17(10-12-25)24-20(27)19-13-18(35(30,31)32)14-26(19)22(29)33-15-16-7-5-4-6-8-16/h4-8,17-19H,9-15H2,1-3H3,(H,24,27)(H,30,31,32)/t18-,19+/m1/s1. The molecule has 0 bridgehead atoms. The lowest BCUT2D eigenvalue weighted by atomic mass is 10.0. The molecule has 0 unspecified atom stereocenters. The van der Waals surface area contributed by atoms with Crippen molar-refractivity contribution in [2.24, 2.45) is 0 Å². The van der Waals surface area contributed by atoms with E-state index in [1.54, 1.807) is 49.9 Å². The maximum Gasteiger partial charge on any atom is 0.410 e. The van der Waals surface area contributed by atoms with Gasteiger partial charge in [0.2, 0.25) is 5.91 Å². The number of carbonyl (C=O) groups excluding carboxylic acids is 3. The molecule has 12 heteroatoms. The minimum atomic E-state index is -4.45. The smallest absolute Gasteiger partial charge is 0.410 e. The summed E-state index contributed by atoms with van der Waals surface area (Å²) in [6, 6.07) is 7.58. The lowest BCUT2D eigenvalue weighted by molar-refractivity contribution is -0.126. The third-order valence-electron chi connectivity index (χ3n) is 5.92. The fourth-order valence-corrected chi connectivity index (χ4v) is 4.87. The molecular weight excluding hydrogens is 478 g/mol. The van der Waals surface area contributed by atoms with E-state index in [1.807, 2.05) is 6.07 Å². The Morgan fingerprint density at radius 2 is 1.71 bits per heavy atom. The predicted molar refractivity (Wildman–Crippen MR) is 126 cm³/mol. The molecule has 3 amide bonds. The van der Waals surface area contributed by atoms with Crippen molar-refractivity contribution in [3.8, 4) is 0 Å². The second kappa shape index (κ2) is 10.8. The van der Waals surface area contributed by atoms with Crippen LogP contribution in [0.4, 0.5) is 9.59 Å². The van der Waals surface area contributed by atoms with Crippen molar-refractivity contribution in [1.82, 2.24) is 15.1 Å². The van der Waals surface area contributed by atoms with Gasteiger partial charge in [0.15, 0.2) is 0 Å². The fourth-order valence-electron chi connectivity index (χ4n) is 4.10. The third-order valence-corrected chi connectivity index (χ3v) is 7.10. The van der Waals surface area contributed by atoms with Crippen LogP contribution in [0, 0.1) is 0 Å². The van der Waals surface area contributed by atoms with Gasteiger partial charge in [-0.1, -0.05) is 30.3 Å². The summed E-state index contributed by atoms with van der Waals surface area (Å²) in [6.45, 7) is 5.76. The van der Waals surface area contributed by atoms with Gasteiger partial charge in [-0.3, -0.25) is 14.2 Å². The zero-order valence-corrected chi connectivity index (χ0v) is 21.0. The highest BCUT2D eigenvalue weighted by Crippen LogP contribution is 2.25. The Balaban J connectivity index is 1.59. The number of ether oxygens (including phenoxy) is 2. The van der Waals surface area contributed by atoms with Crippen molar-refractivity contribution < 1.29 is 36.8 Å². The summed E-state index contributed by atoms with van der Waals surface area (Å²) >= 11 is 0. The number of rotatable bonds is 5. The van der Waals surface area contributed by atoms with Crippen molar-refractivity contribution in [3.05, 3.63) is 35.9 Å². The minimum Gasteiger partial charge on any atom is -0.445 e. The molecule has 35 heavy (non-hydrogen) atoms. The first-order chi connectivity index (χ1) is 16.3. The first-order valence-corrected chi connectivity index (χ1v) is 13.1. The Morgan fingerprint density at radius 1 is 1.09 bits per heavy atom. The molecule has 0 radical (unpaired) electrons. The van der Waals surface area contributed by atoms with Gasteiger partial charge in [-0.15, -0.1) is 0 Å². The quantitative estimate of drug-likeness (QED) is 0.573. The predicted octanol–water partition coefficient (Wildman–Crippen LogP) is 2.17. The number of carbonyl (C=O) groups is 3. The summed E-state index contributed by atoms with van der Waals surface area (Å²) in [5, 5.41) is 1.57. The second-order valence-electron chi connectivity index (χ2n) is 9.83. The molecule has 2 fully saturated rings.